The number of nitrogens with one attached hydrogen (secondary N) is 1. The van der Waals surface area contributed by atoms with E-state index in [0.717, 1.165) is 49.2 Å². The molecule has 0 unspecified atom stereocenters. The molecule has 5 heteroatoms. The Hall–Kier alpha value is -2.66. The molecule has 2 aromatic heterocycles. The third kappa shape index (κ3) is 3.56. The highest BCUT2D eigenvalue weighted by atomic mass is 16.2. The zero-order valence-electron chi connectivity index (χ0n) is 14.2. The number of fused-ring (bicyclic) bond motifs is 1. The van der Waals surface area contributed by atoms with E-state index >= 15 is 0 Å². The lowest BCUT2D eigenvalue weighted by Crippen LogP contribution is -2.48. The Balaban J connectivity index is 1.33. The number of carbonyl (C=O) groups is 1. The zero-order chi connectivity index (χ0) is 17.1. The highest BCUT2D eigenvalue weighted by molar-refractivity contribution is 5.88. The average molecular weight is 334 g/mol. The van der Waals surface area contributed by atoms with E-state index in [2.05, 4.69) is 33.1 Å². The summed E-state index contributed by atoms with van der Waals surface area (Å²) in [6.45, 7) is 4.36. The van der Waals surface area contributed by atoms with Gasteiger partial charge in [-0.05, 0) is 29.3 Å². The van der Waals surface area contributed by atoms with Crippen LogP contribution in [0.1, 0.15) is 11.1 Å². The first-order valence-electron chi connectivity index (χ1n) is 8.73. The summed E-state index contributed by atoms with van der Waals surface area (Å²) in [4.78, 5) is 24.3. The molecule has 0 atom stereocenters. The normalized spacial score (nSPS) is 15.6. The molecule has 128 valence electrons. The quantitative estimate of drug-likeness (QED) is 0.797. The van der Waals surface area contributed by atoms with E-state index in [1.165, 1.54) is 5.56 Å². The number of carbonyl (C=O) groups excluding carboxylic acids is 1. The Kier molecular flexibility index (Phi) is 4.48. The van der Waals surface area contributed by atoms with Crippen LogP contribution in [-0.4, -0.2) is 51.9 Å². The minimum absolute atomic E-state index is 0.216. The summed E-state index contributed by atoms with van der Waals surface area (Å²) in [6, 6.07) is 12.2. The Morgan fingerprint density at radius 2 is 1.80 bits per heavy atom. The molecule has 0 saturated carbocycles. The summed E-state index contributed by atoms with van der Waals surface area (Å²) in [7, 11) is 0. The highest BCUT2D eigenvalue weighted by Gasteiger charge is 2.21. The largest absolute Gasteiger partial charge is 0.361 e. The zero-order valence-corrected chi connectivity index (χ0v) is 14.2. The van der Waals surface area contributed by atoms with E-state index in [4.69, 9.17) is 0 Å². The minimum Gasteiger partial charge on any atom is -0.361 e. The summed E-state index contributed by atoms with van der Waals surface area (Å²) in [6.07, 6.45) is 6.09. The van der Waals surface area contributed by atoms with Crippen LogP contribution in [-0.2, 0) is 17.8 Å². The molecular weight excluding hydrogens is 312 g/mol. The van der Waals surface area contributed by atoms with Crippen molar-refractivity contribution in [2.75, 3.05) is 26.2 Å². The molecule has 1 aliphatic rings. The van der Waals surface area contributed by atoms with Gasteiger partial charge < -0.3 is 9.88 Å². The molecule has 1 N–H and O–H groups in total. The van der Waals surface area contributed by atoms with Crippen LogP contribution in [0.3, 0.4) is 0 Å². The van der Waals surface area contributed by atoms with Crippen LogP contribution in [0.15, 0.2) is 55.0 Å². The van der Waals surface area contributed by atoms with Gasteiger partial charge in [0.15, 0.2) is 0 Å². The van der Waals surface area contributed by atoms with Crippen LogP contribution in [0, 0.1) is 0 Å². The van der Waals surface area contributed by atoms with Crippen molar-refractivity contribution in [1.82, 2.24) is 19.8 Å². The van der Waals surface area contributed by atoms with Gasteiger partial charge in [0.05, 0.1) is 6.42 Å². The Labute approximate surface area is 147 Å². The maximum atomic E-state index is 12.7. The van der Waals surface area contributed by atoms with E-state index in [-0.39, 0.29) is 5.91 Å². The van der Waals surface area contributed by atoms with Gasteiger partial charge in [0.2, 0.25) is 5.91 Å². The second-order valence-electron chi connectivity index (χ2n) is 6.55. The number of pyridine rings is 1. The van der Waals surface area contributed by atoms with Gasteiger partial charge in [0.25, 0.3) is 0 Å². The molecule has 1 fully saturated rings. The number of H-pyrrole nitrogens is 1. The van der Waals surface area contributed by atoms with Crippen LogP contribution >= 0.6 is 0 Å². The molecule has 3 heterocycles. The Morgan fingerprint density at radius 3 is 2.60 bits per heavy atom. The lowest BCUT2D eigenvalue weighted by Gasteiger charge is -2.34. The molecule has 0 bridgehead atoms. The summed E-state index contributed by atoms with van der Waals surface area (Å²) in [5.41, 5.74) is 3.45. The van der Waals surface area contributed by atoms with Gasteiger partial charge in [0.1, 0.15) is 0 Å². The monoisotopic (exact) mass is 334 g/mol. The molecule has 25 heavy (non-hydrogen) atoms. The number of piperazine rings is 1. The van der Waals surface area contributed by atoms with Crippen molar-refractivity contribution in [3.05, 3.63) is 66.1 Å². The van der Waals surface area contributed by atoms with E-state index in [1.54, 1.807) is 0 Å². The molecule has 1 aromatic carbocycles. The van der Waals surface area contributed by atoms with Crippen molar-refractivity contribution in [3.8, 4) is 0 Å². The van der Waals surface area contributed by atoms with Crippen molar-refractivity contribution in [1.29, 1.82) is 0 Å². The highest BCUT2D eigenvalue weighted by Crippen LogP contribution is 2.19. The average Bonchev–Trinajstić information content (AvgIpc) is 3.06. The summed E-state index contributed by atoms with van der Waals surface area (Å²) in [5.74, 6) is 0.216. The van der Waals surface area contributed by atoms with Crippen LogP contribution in [0.2, 0.25) is 0 Å². The minimum atomic E-state index is 0.216. The third-order valence-corrected chi connectivity index (χ3v) is 4.90. The predicted molar refractivity (Wildman–Crippen MR) is 98.1 cm³/mol. The van der Waals surface area contributed by atoms with Crippen molar-refractivity contribution in [2.24, 2.45) is 0 Å². The number of nitrogens with zero attached hydrogens (tertiary/aromatic N) is 3. The maximum absolute atomic E-state index is 12.7. The van der Waals surface area contributed by atoms with E-state index < -0.39 is 0 Å². The van der Waals surface area contributed by atoms with Crippen molar-refractivity contribution in [2.45, 2.75) is 13.0 Å². The molecular formula is C20H22N4O. The van der Waals surface area contributed by atoms with E-state index in [9.17, 15) is 4.79 Å². The van der Waals surface area contributed by atoms with Gasteiger partial charge in [-0.2, -0.15) is 0 Å². The molecule has 1 saturated heterocycles. The Morgan fingerprint density at radius 1 is 1.04 bits per heavy atom. The molecule has 1 aliphatic heterocycles. The first kappa shape index (κ1) is 15.8. The maximum Gasteiger partial charge on any atom is 0.227 e. The SMILES string of the molecule is O=C(Cc1c[nH]c2ccccc12)N1CCN(Cc2ccncc2)CC1. The lowest BCUT2D eigenvalue weighted by molar-refractivity contribution is -0.132. The second kappa shape index (κ2) is 7.07. The smallest absolute Gasteiger partial charge is 0.227 e. The topological polar surface area (TPSA) is 52.2 Å². The van der Waals surface area contributed by atoms with Gasteiger partial charge >= 0.3 is 0 Å². The lowest BCUT2D eigenvalue weighted by atomic mass is 10.1. The van der Waals surface area contributed by atoms with E-state index in [0.29, 0.717) is 6.42 Å². The summed E-state index contributed by atoms with van der Waals surface area (Å²) in [5, 5.41) is 1.15. The van der Waals surface area contributed by atoms with Crippen LogP contribution < -0.4 is 0 Å². The van der Waals surface area contributed by atoms with Gasteiger partial charge in [-0.25, -0.2) is 0 Å². The summed E-state index contributed by atoms with van der Waals surface area (Å²) >= 11 is 0. The van der Waals surface area contributed by atoms with Gasteiger partial charge in [-0.1, -0.05) is 18.2 Å². The predicted octanol–water partition coefficient (Wildman–Crippen LogP) is 2.45. The van der Waals surface area contributed by atoms with Gasteiger partial charge in [-0.15, -0.1) is 0 Å². The second-order valence-corrected chi connectivity index (χ2v) is 6.55. The number of aromatic amines is 1. The molecule has 0 aliphatic carbocycles. The molecule has 0 spiro atoms. The summed E-state index contributed by atoms with van der Waals surface area (Å²) < 4.78 is 0. The number of benzene rings is 1. The third-order valence-electron chi connectivity index (χ3n) is 4.90. The number of amides is 1. The fourth-order valence-electron chi connectivity index (χ4n) is 3.45. The molecule has 4 rings (SSSR count). The standard InChI is InChI=1S/C20H22N4O/c25-20(13-17-14-22-19-4-2-1-3-18(17)19)24-11-9-23(10-12-24)15-16-5-7-21-8-6-16/h1-8,14,22H,9-13,15H2. The van der Waals surface area contributed by atoms with Crippen LogP contribution in [0.25, 0.3) is 10.9 Å². The number of hydrogen-bond acceptors (Lipinski definition) is 3. The van der Waals surface area contributed by atoms with Crippen molar-refractivity contribution in [3.63, 3.8) is 0 Å². The first-order chi connectivity index (χ1) is 12.3. The van der Waals surface area contributed by atoms with Crippen molar-refractivity contribution < 1.29 is 4.79 Å². The number of hydrogen-bond donors (Lipinski definition) is 1. The van der Waals surface area contributed by atoms with Gasteiger partial charge in [-0.3, -0.25) is 14.7 Å². The molecule has 3 aromatic rings. The molecule has 1 amide bonds. The number of aromatic nitrogens is 2. The fourth-order valence-corrected chi connectivity index (χ4v) is 3.45. The van der Waals surface area contributed by atoms with Crippen molar-refractivity contribution >= 4 is 16.8 Å². The fraction of sp³-hybridized carbons (Fsp3) is 0.300. The molecule has 5 nitrogen and oxygen atoms in total. The number of rotatable bonds is 4. The first-order valence-corrected chi connectivity index (χ1v) is 8.73. The number of para-hydroxylation sites is 1. The van der Waals surface area contributed by atoms with Gasteiger partial charge in [0, 0.05) is 62.2 Å². The molecule has 0 radical (unpaired) electrons. The van der Waals surface area contributed by atoms with E-state index in [1.807, 2.05) is 41.7 Å². The van der Waals surface area contributed by atoms with Crippen LogP contribution in [0.4, 0.5) is 0 Å². The Bertz CT molecular complexity index is 850. The van der Waals surface area contributed by atoms with Crippen LogP contribution in [0.5, 0.6) is 0 Å².